The van der Waals surface area contributed by atoms with Gasteiger partial charge in [0.15, 0.2) is 11.5 Å². The van der Waals surface area contributed by atoms with E-state index in [9.17, 15) is 5.11 Å². The predicted molar refractivity (Wildman–Crippen MR) is 72.6 cm³/mol. The van der Waals surface area contributed by atoms with Gasteiger partial charge in [0.25, 0.3) is 0 Å². The number of aliphatic hydroxyl groups is 1. The van der Waals surface area contributed by atoms with E-state index in [0.29, 0.717) is 24.0 Å². The lowest BCUT2D eigenvalue weighted by atomic mass is 10.2. The molecule has 2 aromatic rings. The van der Waals surface area contributed by atoms with Gasteiger partial charge in [0.2, 0.25) is 5.88 Å². The molecule has 0 atom stereocenters. The maximum atomic E-state index is 9.18. The number of aromatic nitrogens is 1. The van der Waals surface area contributed by atoms with Gasteiger partial charge in [-0.05, 0) is 37.6 Å². The number of rotatable bonds is 5. The van der Waals surface area contributed by atoms with E-state index < -0.39 is 0 Å². The van der Waals surface area contributed by atoms with Crippen molar-refractivity contribution >= 4 is 0 Å². The van der Waals surface area contributed by atoms with Crippen LogP contribution in [0.25, 0.3) is 0 Å². The van der Waals surface area contributed by atoms with Crippen molar-refractivity contribution in [3.05, 3.63) is 47.7 Å². The van der Waals surface area contributed by atoms with Gasteiger partial charge in [0.1, 0.15) is 0 Å². The molecule has 0 unspecified atom stereocenters. The Morgan fingerprint density at radius 3 is 2.58 bits per heavy atom. The molecule has 0 spiro atoms. The number of benzene rings is 1. The Labute approximate surface area is 112 Å². The maximum absolute atomic E-state index is 9.18. The Hall–Kier alpha value is -2.07. The lowest BCUT2D eigenvalue weighted by Gasteiger charge is -2.11. The molecule has 1 heterocycles. The summed E-state index contributed by atoms with van der Waals surface area (Å²) >= 11 is 0. The van der Waals surface area contributed by atoms with E-state index in [2.05, 4.69) is 4.98 Å². The van der Waals surface area contributed by atoms with Crippen molar-refractivity contribution < 1.29 is 14.6 Å². The zero-order chi connectivity index (χ0) is 13.7. The number of ether oxygens (including phenoxy) is 2. The van der Waals surface area contributed by atoms with Gasteiger partial charge in [0, 0.05) is 11.8 Å². The summed E-state index contributed by atoms with van der Waals surface area (Å²) in [5, 5.41) is 9.18. The Kier molecular flexibility index (Phi) is 4.36. The van der Waals surface area contributed by atoms with Gasteiger partial charge in [-0.25, -0.2) is 4.98 Å². The van der Waals surface area contributed by atoms with E-state index in [-0.39, 0.29) is 6.61 Å². The molecule has 0 aliphatic heterocycles. The average molecular weight is 259 g/mol. The number of hydrogen-bond acceptors (Lipinski definition) is 4. The molecule has 4 heteroatoms. The second-order valence-corrected chi connectivity index (χ2v) is 4.09. The number of aryl methyl sites for hydroxylation is 1. The molecule has 19 heavy (non-hydrogen) atoms. The highest BCUT2D eigenvalue weighted by Gasteiger charge is 2.07. The molecule has 1 N–H and O–H groups in total. The molecular weight excluding hydrogens is 242 g/mol. The molecule has 2 rings (SSSR count). The molecule has 0 bridgehead atoms. The average Bonchev–Trinajstić information content (AvgIpc) is 2.40. The third kappa shape index (κ3) is 3.45. The molecule has 1 aromatic heterocycles. The first-order valence-corrected chi connectivity index (χ1v) is 6.21. The van der Waals surface area contributed by atoms with Gasteiger partial charge in [-0.2, -0.15) is 0 Å². The summed E-state index contributed by atoms with van der Waals surface area (Å²) in [6.45, 7) is 4.32. The molecule has 0 amide bonds. The van der Waals surface area contributed by atoms with Crippen LogP contribution in [0.5, 0.6) is 17.4 Å². The first-order chi connectivity index (χ1) is 9.22. The van der Waals surface area contributed by atoms with Gasteiger partial charge in [0.05, 0.1) is 13.2 Å². The molecule has 0 saturated carbocycles. The second kappa shape index (κ2) is 6.20. The van der Waals surface area contributed by atoms with Crippen LogP contribution >= 0.6 is 0 Å². The zero-order valence-corrected chi connectivity index (χ0v) is 11.1. The molecule has 100 valence electrons. The van der Waals surface area contributed by atoms with Crippen LogP contribution in [0, 0.1) is 6.92 Å². The molecule has 0 aliphatic carbocycles. The van der Waals surface area contributed by atoms with Crippen LogP contribution < -0.4 is 9.47 Å². The fourth-order valence-electron chi connectivity index (χ4n) is 1.77. The van der Waals surface area contributed by atoms with Crippen molar-refractivity contribution in [2.24, 2.45) is 0 Å². The molecular formula is C15H17NO3. The van der Waals surface area contributed by atoms with Gasteiger partial charge in [-0.15, -0.1) is 0 Å². The minimum absolute atomic E-state index is 0.0349. The normalized spacial score (nSPS) is 10.3. The van der Waals surface area contributed by atoms with E-state index in [0.717, 1.165) is 11.3 Å². The monoisotopic (exact) mass is 259 g/mol. The SMILES string of the molecule is CCOc1ccccc1Oc1cc(CO)cc(C)n1. The largest absolute Gasteiger partial charge is 0.490 e. The van der Waals surface area contributed by atoms with Crippen molar-refractivity contribution in [2.45, 2.75) is 20.5 Å². The van der Waals surface area contributed by atoms with E-state index >= 15 is 0 Å². The smallest absolute Gasteiger partial charge is 0.219 e. The summed E-state index contributed by atoms with van der Waals surface area (Å²) in [7, 11) is 0. The van der Waals surface area contributed by atoms with Crippen LogP contribution in [0.3, 0.4) is 0 Å². The second-order valence-electron chi connectivity index (χ2n) is 4.09. The zero-order valence-electron chi connectivity index (χ0n) is 11.1. The molecule has 1 aromatic carbocycles. The van der Waals surface area contributed by atoms with Crippen molar-refractivity contribution in [1.82, 2.24) is 4.98 Å². The summed E-state index contributed by atoms with van der Waals surface area (Å²) in [6, 6.07) is 11.0. The van der Waals surface area contributed by atoms with E-state index in [1.54, 1.807) is 6.07 Å². The van der Waals surface area contributed by atoms with Crippen LogP contribution in [-0.2, 0) is 6.61 Å². The first kappa shape index (κ1) is 13.4. The van der Waals surface area contributed by atoms with E-state index in [1.165, 1.54) is 0 Å². The number of para-hydroxylation sites is 2. The summed E-state index contributed by atoms with van der Waals surface area (Å²) in [5.41, 5.74) is 1.58. The van der Waals surface area contributed by atoms with Crippen LogP contribution in [-0.4, -0.2) is 16.7 Å². The van der Waals surface area contributed by atoms with E-state index in [4.69, 9.17) is 9.47 Å². The number of aliphatic hydroxyl groups excluding tert-OH is 1. The van der Waals surface area contributed by atoms with Crippen molar-refractivity contribution in [3.8, 4) is 17.4 Å². The number of pyridine rings is 1. The molecule has 0 aliphatic rings. The maximum Gasteiger partial charge on any atom is 0.219 e. The van der Waals surface area contributed by atoms with Gasteiger partial charge in [-0.3, -0.25) is 0 Å². The standard InChI is InChI=1S/C15H17NO3/c1-3-18-13-6-4-5-7-14(13)19-15-9-12(10-17)8-11(2)16-15/h4-9,17H,3,10H2,1-2H3. The van der Waals surface area contributed by atoms with Crippen LogP contribution in [0.15, 0.2) is 36.4 Å². The fraction of sp³-hybridized carbons (Fsp3) is 0.267. The Morgan fingerprint density at radius 1 is 1.16 bits per heavy atom. The highest BCUT2D eigenvalue weighted by Crippen LogP contribution is 2.30. The van der Waals surface area contributed by atoms with Crippen molar-refractivity contribution in [1.29, 1.82) is 0 Å². The third-order valence-electron chi connectivity index (χ3n) is 2.54. The highest BCUT2D eigenvalue weighted by molar-refractivity contribution is 5.42. The molecule has 0 radical (unpaired) electrons. The third-order valence-corrected chi connectivity index (χ3v) is 2.54. The van der Waals surface area contributed by atoms with Crippen molar-refractivity contribution in [2.75, 3.05) is 6.61 Å². The summed E-state index contributed by atoms with van der Waals surface area (Å²) in [4.78, 5) is 4.29. The summed E-state index contributed by atoms with van der Waals surface area (Å²) in [5.74, 6) is 1.75. The minimum atomic E-state index is -0.0349. The van der Waals surface area contributed by atoms with Crippen molar-refractivity contribution in [3.63, 3.8) is 0 Å². The Bertz CT molecular complexity index is 555. The highest BCUT2D eigenvalue weighted by atomic mass is 16.5. The van der Waals surface area contributed by atoms with Gasteiger partial charge >= 0.3 is 0 Å². The van der Waals surface area contributed by atoms with Gasteiger partial charge < -0.3 is 14.6 Å². The van der Waals surface area contributed by atoms with Crippen LogP contribution in [0.4, 0.5) is 0 Å². The van der Waals surface area contributed by atoms with Gasteiger partial charge in [-0.1, -0.05) is 12.1 Å². The topological polar surface area (TPSA) is 51.6 Å². The van der Waals surface area contributed by atoms with E-state index in [1.807, 2.05) is 44.2 Å². The number of hydrogen-bond donors (Lipinski definition) is 1. The summed E-state index contributed by atoms with van der Waals surface area (Å²) < 4.78 is 11.2. The quantitative estimate of drug-likeness (QED) is 0.896. The number of nitrogens with zero attached hydrogens (tertiary/aromatic N) is 1. The fourth-order valence-corrected chi connectivity index (χ4v) is 1.77. The van der Waals surface area contributed by atoms with Crippen LogP contribution in [0.2, 0.25) is 0 Å². The lowest BCUT2D eigenvalue weighted by molar-refractivity contribution is 0.280. The molecule has 0 fully saturated rings. The summed E-state index contributed by atoms with van der Waals surface area (Å²) in [6.07, 6.45) is 0. The first-order valence-electron chi connectivity index (χ1n) is 6.21. The van der Waals surface area contributed by atoms with Crippen LogP contribution in [0.1, 0.15) is 18.2 Å². The molecule has 4 nitrogen and oxygen atoms in total. The Morgan fingerprint density at radius 2 is 1.89 bits per heavy atom. The molecule has 0 saturated heterocycles. The lowest BCUT2D eigenvalue weighted by Crippen LogP contribution is -1.97. The minimum Gasteiger partial charge on any atom is -0.490 e. The predicted octanol–water partition coefficient (Wildman–Crippen LogP) is 3.07. The Balaban J connectivity index is 2.28.